The third-order valence-electron chi connectivity index (χ3n) is 7.67. The number of likely N-dealkylation sites (tertiary alicyclic amines) is 1. The van der Waals surface area contributed by atoms with Crippen LogP contribution in [-0.2, 0) is 0 Å². The lowest BCUT2D eigenvalue weighted by molar-refractivity contribution is 0.191. The fourth-order valence-corrected chi connectivity index (χ4v) is 5.48. The number of methoxy groups -OCH3 is 1. The van der Waals surface area contributed by atoms with Gasteiger partial charge in [-0.3, -0.25) is 4.90 Å². The van der Waals surface area contributed by atoms with E-state index in [0.29, 0.717) is 0 Å². The summed E-state index contributed by atoms with van der Waals surface area (Å²) in [4.78, 5) is 4.99. The first-order valence-electron chi connectivity index (χ1n) is 12.1. The van der Waals surface area contributed by atoms with Gasteiger partial charge in [-0.1, -0.05) is 38.3 Å². The molecule has 0 amide bonds. The first-order chi connectivity index (χ1) is 14.6. The van der Waals surface area contributed by atoms with Crippen LogP contribution in [0.2, 0.25) is 0 Å². The maximum atomic E-state index is 5.78. The summed E-state index contributed by atoms with van der Waals surface area (Å²) in [6.45, 7) is 8.13. The van der Waals surface area contributed by atoms with Crippen LogP contribution in [0.25, 0.3) is 0 Å². The number of ether oxygens (including phenoxy) is 1. The van der Waals surface area contributed by atoms with Gasteiger partial charge in [0, 0.05) is 13.6 Å². The summed E-state index contributed by atoms with van der Waals surface area (Å²) in [5.74, 6) is 2.72. The van der Waals surface area contributed by atoms with Crippen molar-refractivity contribution in [1.29, 1.82) is 0 Å². The maximum absolute atomic E-state index is 5.78. The Balaban J connectivity index is 1.51. The summed E-state index contributed by atoms with van der Waals surface area (Å²) in [7, 11) is 4.00. The molecule has 0 spiro atoms. The molecule has 3 nitrogen and oxygen atoms in total. The second kappa shape index (κ2) is 9.60. The van der Waals surface area contributed by atoms with Gasteiger partial charge < -0.3 is 9.64 Å². The lowest BCUT2D eigenvalue weighted by Crippen LogP contribution is -2.35. The zero-order valence-corrected chi connectivity index (χ0v) is 19.5. The fraction of sp³-hybridized carbons (Fsp3) is 0.630. The van der Waals surface area contributed by atoms with Crippen molar-refractivity contribution >= 4 is 0 Å². The summed E-state index contributed by atoms with van der Waals surface area (Å²) in [6.07, 6.45) is 16.5. The van der Waals surface area contributed by atoms with Crippen LogP contribution in [-0.4, -0.2) is 43.6 Å². The molecule has 0 bridgehead atoms. The van der Waals surface area contributed by atoms with Crippen molar-refractivity contribution in [2.24, 2.45) is 5.92 Å². The Labute approximate surface area is 183 Å². The minimum Gasteiger partial charge on any atom is -0.496 e. The van der Waals surface area contributed by atoms with E-state index in [4.69, 9.17) is 4.74 Å². The molecule has 3 heteroatoms. The quantitative estimate of drug-likeness (QED) is 0.533. The standard InChI is InChI=1S/C27H40N2O/c1-5-7-21-11-14-29(15-12-21)19-22-10-13-28(3)26(16-22)24-17-25(23-8-6-9-23)20(2)27(18-24)30-4/h10,13,16-18,21,23,26H,5-9,11-12,14-15,19H2,1-4H3. The second-order valence-corrected chi connectivity index (χ2v) is 9.74. The lowest BCUT2D eigenvalue weighted by Gasteiger charge is -2.35. The Bertz CT molecular complexity index is 784. The minimum absolute atomic E-state index is 0.288. The first kappa shape index (κ1) is 21.5. The molecule has 30 heavy (non-hydrogen) atoms. The van der Waals surface area contributed by atoms with Crippen molar-refractivity contribution < 1.29 is 4.74 Å². The Morgan fingerprint density at radius 2 is 1.87 bits per heavy atom. The van der Waals surface area contributed by atoms with E-state index >= 15 is 0 Å². The van der Waals surface area contributed by atoms with Gasteiger partial charge in [0.1, 0.15) is 5.75 Å². The van der Waals surface area contributed by atoms with Crippen LogP contribution >= 0.6 is 0 Å². The van der Waals surface area contributed by atoms with Gasteiger partial charge in [0.05, 0.1) is 13.2 Å². The number of hydrogen-bond donors (Lipinski definition) is 0. The molecule has 0 radical (unpaired) electrons. The summed E-state index contributed by atoms with van der Waals surface area (Å²) in [5, 5.41) is 0. The van der Waals surface area contributed by atoms with E-state index in [1.807, 2.05) is 7.11 Å². The van der Waals surface area contributed by atoms with Gasteiger partial charge in [0.15, 0.2) is 0 Å². The average Bonchev–Trinajstić information content (AvgIpc) is 2.71. The van der Waals surface area contributed by atoms with Crippen LogP contribution in [0.4, 0.5) is 0 Å². The molecule has 1 saturated heterocycles. The average molecular weight is 409 g/mol. The molecular formula is C27H40N2O. The van der Waals surface area contributed by atoms with Crippen molar-refractivity contribution in [1.82, 2.24) is 9.80 Å². The van der Waals surface area contributed by atoms with Crippen molar-refractivity contribution in [2.75, 3.05) is 33.8 Å². The zero-order valence-electron chi connectivity index (χ0n) is 19.5. The predicted molar refractivity (Wildman–Crippen MR) is 126 cm³/mol. The zero-order chi connectivity index (χ0) is 21.1. The Morgan fingerprint density at radius 1 is 1.10 bits per heavy atom. The second-order valence-electron chi connectivity index (χ2n) is 9.74. The van der Waals surface area contributed by atoms with E-state index in [1.165, 1.54) is 80.3 Å². The molecule has 0 aromatic heterocycles. The highest BCUT2D eigenvalue weighted by atomic mass is 16.5. The minimum atomic E-state index is 0.288. The van der Waals surface area contributed by atoms with Crippen LogP contribution in [0.3, 0.4) is 0 Å². The number of piperidine rings is 1. The van der Waals surface area contributed by atoms with Gasteiger partial charge in [-0.25, -0.2) is 0 Å². The molecule has 2 aliphatic heterocycles. The van der Waals surface area contributed by atoms with E-state index in [-0.39, 0.29) is 6.04 Å². The van der Waals surface area contributed by atoms with Gasteiger partial charge in [0.2, 0.25) is 0 Å². The summed E-state index contributed by atoms with van der Waals surface area (Å²) >= 11 is 0. The molecule has 2 fully saturated rings. The predicted octanol–water partition coefficient (Wildman–Crippen LogP) is 6.21. The van der Waals surface area contributed by atoms with E-state index < -0.39 is 0 Å². The molecule has 4 rings (SSSR count). The van der Waals surface area contributed by atoms with Crippen LogP contribution in [0.1, 0.15) is 80.5 Å². The Kier molecular flexibility index (Phi) is 6.87. The lowest BCUT2D eigenvalue weighted by atomic mass is 9.77. The van der Waals surface area contributed by atoms with E-state index in [9.17, 15) is 0 Å². The molecule has 0 N–H and O–H groups in total. The van der Waals surface area contributed by atoms with Gasteiger partial charge in [-0.2, -0.15) is 0 Å². The van der Waals surface area contributed by atoms with Crippen molar-refractivity contribution in [3.8, 4) is 5.75 Å². The Morgan fingerprint density at radius 3 is 2.50 bits per heavy atom. The fourth-order valence-electron chi connectivity index (χ4n) is 5.48. The number of nitrogens with zero attached hydrogens (tertiary/aromatic N) is 2. The highest BCUT2D eigenvalue weighted by molar-refractivity contribution is 5.48. The summed E-state index contributed by atoms with van der Waals surface area (Å²) in [6, 6.07) is 5.02. The van der Waals surface area contributed by atoms with E-state index in [0.717, 1.165) is 24.1 Å². The summed E-state index contributed by atoms with van der Waals surface area (Å²) < 4.78 is 5.78. The van der Waals surface area contributed by atoms with Gasteiger partial charge >= 0.3 is 0 Å². The molecule has 164 valence electrons. The number of hydrogen-bond acceptors (Lipinski definition) is 3. The van der Waals surface area contributed by atoms with Crippen molar-refractivity contribution in [3.05, 3.63) is 52.7 Å². The maximum Gasteiger partial charge on any atom is 0.122 e. The molecule has 1 unspecified atom stereocenters. The van der Waals surface area contributed by atoms with Crippen molar-refractivity contribution in [2.45, 2.75) is 70.8 Å². The topological polar surface area (TPSA) is 15.7 Å². The molecule has 1 atom stereocenters. The summed E-state index contributed by atoms with van der Waals surface area (Å²) in [5.41, 5.74) is 5.66. The van der Waals surface area contributed by atoms with E-state index in [1.54, 1.807) is 0 Å². The van der Waals surface area contributed by atoms with Gasteiger partial charge in [-0.05, 0) is 98.1 Å². The monoisotopic (exact) mass is 408 g/mol. The number of likely N-dealkylation sites (N-methyl/N-ethyl adjacent to an activating group) is 1. The van der Waals surface area contributed by atoms with Crippen LogP contribution < -0.4 is 4.74 Å². The molecule has 1 aliphatic carbocycles. The molecule has 3 aliphatic rings. The molecule has 2 heterocycles. The highest BCUT2D eigenvalue weighted by Gasteiger charge is 2.26. The highest BCUT2D eigenvalue weighted by Crippen LogP contribution is 2.42. The largest absolute Gasteiger partial charge is 0.496 e. The molecule has 1 saturated carbocycles. The van der Waals surface area contributed by atoms with Gasteiger partial charge in [-0.15, -0.1) is 0 Å². The van der Waals surface area contributed by atoms with E-state index in [2.05, 4.69) is 61.2 Å². The normalized spacial score (nSPS) is 23.4. The third kappa shape index (κ3) is 4.61. The van der Waals surface area contributed by atoms with Crippen LogP contribution in [0.15, 0.2) is 36.1 Å². The SMILES string of the molecule is CCCC1CCN(CC2=CC(c3cc(OC)c(C)c(C4CCC4)c3)N(C)C=C2)CC1. The third-order valence-corrected chi connectivity index (χ3v) is 7.67. The Hall–Kier alpha value is -1.74. The molecule has 1 aromatic rings. The smallest absolute Gasteiger partial charge is 0.122 e. The van der Waals surface area contributed by atoms with Gasteiger partial charge in [0.25, 0.3) is 0 Å². The number of benzene rings is 1. The molecular weight excluding hydrogens is 368 g/mol. The van der Waals surface area contributed by atoms with Crippen LogP contribution in [0, 0.1) is 12.8 Å². The van der Waals surface area contributed by atoms with Crippen LogP contribution in [0.5, 0.6) is 5.75 Å². The van der Waals surface area contributed by atoms with Crippen molar-refractivity contribution in [3.63, 3.8) is 0 Å². The molecule has 1 aromatic carbocycles. The number of rotatable bonds is 7. The first-order valence-corrected chi connectivity index (χ1v) is 12.1.